The highest BCUT2D eigenvalue weighted by Gasteiger charge is 2.19. The Labute approximate surface area is 115 Å². The summed E-state index contributed by atoms with van der Waals surface area (Å²) in [5.74, 6) is 0.611. The summed E-state index contributed by atoms with van der Waals surface area (Å²) in [5.41, 5.74) is 5.54. The van der Waals surface area contributed by atoms with E-state index in [1.807, 2.05) is 0 Å². The monoisotopic (exact) mass is 254 g/mol. The molecule has 0 amide bonds. The number of para-hydroxylation sites is 1. The molecule has 1 aromatic carbocycles. The van der Waals surface area contributed by atoms with Gasteiger partial charge in [-0.1, -0.05) is 32.0 Å². The lowest BCUT2D eigenvalue weighted by atomic mass is 9.88. The number of benzene rings is 1. The summed E-state index contributed by atoms with van der Waals surface area (Å²) in [7, 11) is 0. The van der Waals surface area contributed by atoms with E-state index in [0.717, 1.165) is 25.9 Å². The topological polar surface area (TPSA) is 24.9 Å². The maximum atomic E-state index is 4.91. The van der Waals surface area contributed by atoms with Crippen molar-refractivity contribution >= 4 is 10.9 Å². The lowest BCUT2D eigenvalue weighted by Gasteiger charge is -2.19. The summed E-state index contributed by atoms with van der Waals surface area (Å²) in [6, 6.07) is 8.62. The fourth-order valence-corrected chi connectivity index (χ4v) is 3.13. The number of rotatable bonds is 2. The van der Waals surface area contributed by atoms with Crippen molar-refractivity contribution in [1.29, 1.82) is 0 Å². The molecule has 1 aliphatic rings. The summed E-state index contributed by atoms with van der Waals surface area (Å²) < 4.78 is 0. The van der Waals surface area contributed by atoms with Crippen molar-refractivity contribution < 1.29 is 0 Å². The van der Waals surface area contributed by atoms with Crippen molar-refractivity contribution in [3.8, 4) is 0 Å². The van der Waals surface area contributed by atoms with Gasteiger partial charge in [0.2, 0.25) is 0 Å². The Morgan fingerprint density at radius 1 is 1.21 bits per heavy atom. The minimum absolute atomic E-state index is 0.611. The molecule has 1 aliphatic heterocycles. The van der Waals surface area contributed by atoms with Gasteiger partial charge in [-0.15, -0.1) is 0 Å². The van der Waals surface area contributed by atoms with Crippen molar-refractivity contribution in [2.75, 3.05) is 13.1 Å². The van der Waals surface area contributed by atoms with Crippen LogP contribution in [0.25, 0.3) is 10.9 Å². The minimum atomic E-state index is 0.611. The second kappa shape index (κ2) is 5.30. The molecule has 2 nitrogen and oxygen atoms in total. The standard InChI is InChI=1S/C17H22N2/c1-3-12(2)17-13-6-4-5-7-15(13)19-16-9-11-18-10-8-14(16)17/h4-7,12,18H,3,8-11H2,1-2H3. The molecule has 1 atom stereocenters. The molecule has 0 saturated heterocycles. The van der Waals surface area contributed by atoms with Gasteiger partial charge in [0, 0.05) is 24.0 Å². The third-order valence-electron chi connectivity index (χ3n) is 4.32. The van der Waals surface area contributed by atoms with Crippen molar-refractivity contribution in [2.24, 2.45) is 0 Å². The van der Waals surface area contributed by atoms with E-state index < -0.39 is 0 Å². The predicted octanol–water partition coefficient (Wildman–Crippen LogP) is 3.44. The summed E-state index contributed by atoms with van der Waals surface area (Å²) >= 11 is 0. The van der Waals surface area contributed by atoms with Crippen LogP contribution >= 0.6 is 0 Å². The van der Waals surface area contributed by atoms with Crippen LogP contribution in [0, 0.1) is 0 Å². The zero-order chi connectivity index (χ0) is 13.2. The van der Waals surface area contributed by atoms with Crippen LogP contribution in [-0.4, -0.2) is 18.1 Å². The van der Waals surface area contributed by atoms with Crippen LogP contribution < -0.4 is 5.32 Å². The van der Waals surface area contributed by atoms with Gasteiger partial charge in [0.1, 0.15) is 0 Å². The van der Waals surface area contributed by atoms with E-state index in [9.17, 15) is 0 Å². The number of fused-ring (bicyclic) bond motifs is 2. The molecular weight excluding hydrogens is 232 g/mol. The highest BCUT2D eigenvalue weighted by Crippen LogP contribution is 2.32. The molecule has 0 spiro atoms. The number of nitrogens with zero attached hydrogens (tertiary/aromatic N) is 1. The molecule has 19 heavy (non-hydrogen) atoms. The van der Waals surface area contributed by atoms with Gasteiger partial charge < -0.3 is 5.32 Å². The zero-order valence-corrected chi connectivity index (χ0v) is 11.9. The smallest absolute Gasteiger partial charge is 0.0708 e. The zero-order valence-electron chi connectivity index (χ0n) is 11.9. The number of hydrogen-bond donors (Lipinski definition) is 1. The Kier molecular flexibility index (Phi) is 3.52. The molecule has 2 heteroatoms. The van der Waals surface area contributed by atoms with E-state index >= 15 is 0 Å². The van der Waals surface area contributed by atoms with Crippen LogP contribution in [0.3, 0.4) is 0 Å². The third kappa shape index (κ3) is 2.25. The molecule has 1 aromatic heterocycles. The lowest BCUT2D eigenvalue weighted by molar-refractivity contribution is 0.700. The van der Waals surface area contributed by atoms with E-state index in [1.165, 1.54) is 28.6 Å². The van der Waals surface area contributed by atoms with E-state index in [-0.39, 0.29) is 0 Å². The van der Waals surface area contributed by atoms with Gasteiger partial charge in [-0.2, -0.15) is 0 Å². The normalized spacial score (nSPS) is 16.9. The Bertz CT molecular complexity index is 589. The van der Waals surface area contributed by atoms with Gasteiger partial charge in [0.05, 0.1) is 5.52 Å². The molecule has 0 saturated carbocycles. The van der Waals surface area contributed by atoms with Crippen LogP contribution in [0.2, 0.25) is 0 Å². The van der Waals surface area contributed by atoms with Crippen LogP contribution in [-0.2, 0) is 12.8 Å². The average molecular weight is 254 g/mol. The predicted molar refractivity (Wildman–Crippen MR) is 80.7 cm³/mol. The fourth-order valence-electron chi connectivity index (χ4n) is 3.13. The second-order valence-electron chi connectivity index (χ2n) is 5.53. The number of nitrogens with one attached hydrogen (secondary N) is 1. The molecule has 2 heterocycles. The second-order valence-corrected chi connectivity index (χ2v) is 5.53. The van der Waals surface area contributed by atoms with Crippen molar-refractivity contribution in [3.63, 3.8) is 0 Å². The molecule has 0 fully saturated rings. The van der Waals surface area contributed by atoms with Gasteiger partial charge in [-0.3, -0.25) is 4.98 Å². The van der Waals surface area contributed by atoms with Gasteiger partial charge in [-0.05, 0) is 42.5 Å². The SMILES string of the molecule is CCC(C)c1c2c(nc3ccccc13)CCNCC2. The van der Waals surface area contributed by atoms with Gasteiger partial charge >= 0.3 is 0 Å². The number of hydrogen-bond acceptors (Lipinski definition) is 2. The van der Waals surface area contributed by atoms with Crippen LogP contribution in [0.4, 0.5) is 0 Å². The van der Waals surface area contributed by atoms with Crippen LogP contribution in [0.5, 0.6) is 0 Å². The van der Waals surface area contributed by atoms with Crippen molar-refractivity contribution in [2.45, 2.75) is 39.0 Å². The number of pyridine rings is 1. The van der Waals surface area contributed by atoms with Crippen LogP contribution in [0.15, 0.2) is 24.3 Å². The first-order valence-corrected chi connectivity index (χ1v) is 7.42. The Morgan fingerprint density at radius 2 is 2.00 bits per heavy atom. The molecule has 100 valence electrons. The Balaban J connectivity index is 2.29. The average Bonchev–Trinajstić information content (AvgIpc) is 2.69. The maximum Gasteiger partial charge on any atom is 0.0708 e. The molecule has 1 N–H and O–H groups in total. The quantitative estimate of drug-likeness (QED) is 0.888. The molecule has 0 bridgehead atoms. The molecule has 2 aromatic rings. The van der Waals surface area contributed by atoms with Gasteiger partial charge in [-0.25, -0.2) is 0 Å². The van der Waals surface area contributed by atoms with E-state index in [1.54, 1.807) is 5.56 Å². The lowest BCUT2D eigenvalue weighted by Crippen LogP contribution is -2.16. The van der Waals surface area contributed by atoms with Crippen LogP contribution in [0.1, 0.15) is 43.0 Å². The van der Waals surface area contributed by atoms with E-state index in [0.29, 0.717) is 5.92 Å². The summed E-state index contributed by atoms with van der Waals surface area (Å²) in [5, 5.41) is 4.85. The maximum absolute atomic E-state index is 4.91. The van der Waals surface area contributed by atoms with Gasteiger partial charge in [0.15, 0.2) is 0 Å². The molecule has 0 aliphatic carbocycles. The third-order valence-corrected chi connectivity index (χ3v) is 4.32. The Hall–Kier alpha value is -1.41. The Morgan fingerprint density at radius 3 is 2.84 bits per heavy atom. The first-order valence-electron chi connectivity index (χ1n) is 7.42. The summed E-state index contributed by atoms with van der Waals surface area (Å²) in [6.45, 7) is 6.76. The van der Waals surface area contributed by atoms with E-state index in [4.69, 9.17) is 4.98 Å². The first-order chi connectivity index (χ1) is 9.31. The molecule has 1 unspecified atom stereocenters. The number of aromatic nitrogens is 1. The largest absolute Gasteiger partial charge is 0.316 e. The van der Waals surface area contributed by atoms with E-state index in [2.05, 4.69) is 43.4 Å². The molecule has 0 radical (unpaired) electrons. The fraction of sp³-hybridized carbons (Fsp3) is 0.471. The van der Waals surface area contributed by atoms with Gasteiger partial charge in [0.25, 0.3) is 0 Å². The molecule has 3 rings (SSSR count). The summed E-state index contributed by atoms with van der Waals surface area (Å²) in [6.07, 6.45) is 3.37. The minimum Gasteiger partial charge on any atom is -0.316 e. The highest BCUT2D eigenvalue weighted by atomic mass is 14.9. The van der Waals surface area contributed by atoms with Crippen molar-refractivity contribution in [1.82, 2.24) is 10.3 Å². The summed E-state index contributed by atoms with van der Waals surface area (Å²) in [4.78, 5) is 4.91. The first kappa shape index (κ1) is 12.6. The van der Waals surface area contributed by atoms with Crippen molar-refractivity contribution in [3.05, 3.63) is 41.1 Å². The highest BCUT2D eigenvalue weighted by molar-refractivity contribution is 5.84. The molecular formula is C17H22N2.